The van der Waals surface area contributed by atoms with Crippen molar-refractivity contribution in [2.24, 2.45) is 0 Å². The summed E-state index contributed by atoms with van der Waals surface area (Å²) >= 11 is 1.19. The molecule has 0 unspecified atom stereocenters. The molecule has 0 radical (unpaired) electrons. The lowest BCUT2D eigenvalue weighted by atomic mass is 10.2. The van der Waals surface area contributed by atoms with E-state index in [9.17, 15) is 4.79 Å². The second kappa shape index (κ2) is 5.51. The van der Waals surface area contributed by atoms with Crippen LogP contribution in [0.5, 0.6) is 0 Å². The Balaban J connectivity index is 1.97. The molecule has 0 amide bonds. The summed E-state index contributed by atoms with van der Waals surface area (Å²) in [4.78, 5) is 16.8. The lowest BCUT2D eigenvalue weighted by Gasteiger charge is -2.04. The summed E-state index contributed by atoms with van der Waals surface area (Å²) in [6.07, 6.45) is 0. The van der Waals surface area contributed by atoms with Crippen LogP contribution in [-0.4, -0.2) is 14.7 Å². The van der Waals surface area contributed by atoms with Crippen molar-refractivity contribution >= 4 is 27.9 Å². The highest BCUT2D eigenvalue weighted by atomic mass is 32.2. The lowest BCUT2D eigenvalue weighted by Crippen LogP contribution is -2.00. The summed E-state index contributed by atoms with van der Waals surface area (Å²) in [6.45, 7) is 2.86. The Morgan fingerprint density at radius 2 is 1.80 bits per heavy atom. The average Bonchev–Trinajstić information content (AvgIpc) is 2.85. The average molecular weight is 282 g/mol. The molecule has 1 heterocycles. The van der Waals surface area contributed by atoms with Crippen molar-refractivity contribution in [3.8, 4) is 0 Å². The number of carbonyl (C=O) groups is 1. The van der Waals surface area contributed by atoms with Crippen molar-refractivity contribution < 1.29 is 4.79 Å². The minimum absolute atomic E-state index is 0.0237. The molecule has 0 bridgehead atoms. The third kappa shape index (κ3) is 2.34. The molecule has 3 nitrogen and oxygen atoms in total. The zero-order valence-corrected chi connectivity index (χ0v) is 11.9. The van der Waals surface area contributed by atoms with Crippen molar-refractivity contribution in [3.63, 3.8) is 0 Å². The highest BCUT2D eigenvalue weighted by Gasteiger charge is 2.14. The molecule has 4 heteroatoms. The number of carbonyl (C=O) groups excluding carboxylic acids is 1. The van der Waals surface area contributed by atoms with E-state index in [1.165, 1.54) is 11.8 Å². The fourth-order valence-electron chi connectivity index (χ4n) is 2.15. The highest BCUT2D eigenvalue weighted by molar-refractivity contribution is 8.14. The minimum Gasteiger partial charge on any atom is -0.319 e. The maximum Gasteiger partial charge on any atom is 0.227 e. The van der Waals surface area contributed by atoms with Gasteiger partial charge in [-0.2, -0.15) is 0 Å². The lowest BCUT2D eigenvalue weighted by molar-refractivity contribution is 0.108. The van der Waals surface area contributed by atoms with Crippen LogP contribution in [0.3, 0.4) is 0 Å². The molecular formula is C16H14N2OS. The van der Waals surface area contributed by atoms with Gasteiger partial charge in [0, 0.05) is 12.1 Å². The molecule has 3 aromatic rings. The molecule has 0 aliphatic carbocycles. The van der Waals surface area contributed by atoms with Crippen LogP contribution in [0.15, 0.2) is 59.8 Å². The van der Waals surface area contributed by atoms with E-state index >= 15 is 0 Å². The van der Waals surface area contributed by atoms with Gasteiger partial charge < -0.3 is 4.57 Å². The smallest absolute Gasteiger partial charge is 0.227 e. The highest BCUT2D eigenvalue weighted by Crippen LogP contribution is 2.26. The van der Waals surface area contributed by atoms with Crippen molar-refractivity contribution in [2.45, 2.75) is 18.6 Å². The van der Waals surface area contributed by atoms with Crippen molar-refractivity contribution in [1.82, 2.24) is 9.55 Å². The summed E-state index contributed by atoms with van der Waals surface area (Å²) in [5.41, 5.74) is 2.70. The van der Waals surface area contributed by atoms with Crippen LogP contribution in [0.25, 0.3) is 11.0 Å². The van der Waals surface area contributed by atoms with Crippen LogP contribution < -0.4 is 0 Å². The maximum atomic E-state index is 12.3. The summed E-state index contributed by atoms with van der Waals surface area (Å²) in [6, 6.07) is 17.3. The zero-order chi connectivity index (χ0) is 13.9. The SMILES string of the molecule is CCn1c(SC(=O)c2ccccc2)nc2ccccc21. The first-order chi connectivity index (χ1) is 9.79. The Kier molecular flexibility index (Phi) is 3.56. The van der Waals surface area contributed by atoms with E-state index in [0.717, 1.165) is 22.7 Å². The Morgan fingerprint density at radius 3 is 2.55 bits per heavy atom. The number of nitrogens with zero attached hydrogens (tertiary/aromatic N) is 2. The van der Waals surface area contributed by atoms with Gasteiger partial charge in [-0.1, -0.05) is 42.5 Å². The van der Waals surface area contributed by atoms with Crippen molar-refractivity contribution in [1.29, 1.82) is 0 Å². The van der Waals surface area contributed by atoms with Gasteiger partial charge in [-0.05, 0) is 30.8 Å². The van der Waals surface area contributed by atoms with Crippen LogP contribution in [-0.2, 0) is 6.54 Å². The molecule has 0 saturated carbocycles. The van der Waals surface area contributed by atoms with Gasteiger partial charge in [0.25, 0.3) is 0 Å². The molecule has 3 rings (SSSR count). The number of imidazole rings is 1. The van der Waals surface area contributed by atoms with E-state index in [-0.39, 0.29) is 5.12 Å². The number of benzene rings is 2. The number of hydrogen-bond donors (Lipinski definition) is 0. The van der Waals surface area contributed by atoms with Crippen molar-refractivity contribution in [2.75, 3.05) is 0 Å². The van der Waals surface area contributed by atoms with E-state index in [0.29, 0.717) is 5.56 Å². The Hall–Kier alpha value is -2.07. The number of aryl methyl sites for hydroxylation is 1. The first-order valence-electron chi connectivity index (χ1n) is 6.52. The molecule has 0 fully saturated rings. The summed E-state index contributed by atoms with van der Waals surface area (Å²) < 4.78 is 2.07. The molecule has 2 aromatic carbocycles. The molecule has 1 aromatic heterocycles. The maximum absolute atomic E-state index is 12.3. The number of hydrogen-bond acceptors (Lipinski definition) is 3. The quantitative estimate of drug-likeness (QED) is 0.681. The number of aromatic nitrogens is 2. The van der Waals surface area contributed by atoms with E-state index in [1.807, 2.05) is 54.6 Å². The fraction of sp³-hybridized carbons (Fsp3) is 0.125. The van der Waals surface area contributed by atoms with Crippen LogP contribution in [0, 0.1) is 0 Å². The number of para-hydroxylation sites is 2. The topological polar surface area (TPSA) is 34.9 Å². The summed E-state index contributed by atoms with van der Waals surface area (Å²) in [5.74, 6) is 0. The van der Waals surface area contributed by atoms with Crippen LogP contribution in [0.1, 0.15) is 17.3 Å². The van der Waals surface area contributed by atoms with Crippen LogP contribution >= 0.6 is 11.8 Å². The second-order valence-electron chi connectivity index (χ2n) is 4.38. The van der Waals surface area contributed by atoms with Gasteiger partial charge in [-0.15, -0.1) is 0 Å². The Morgan fingerprint density at radius 1 is 1.10 bits per heavy atom. The van der Waals surface area contributed by atoms with Crippen molar-refractivity contribution in [3.05, 3.63) is 60.2 Å². The van der Waals surface area contributed by atoms with Gasteiger partial charge in [0.05, 0.1) is 11.0 Å². The normalized spacial score (nSPS) is 10.8. The predicted molar refractivity (Wildman–Crippen MR) is 82.0 cm³/mol. The Bertz CT molecular complexity index is 750. The molecule has 0 aliphatic heterocycles. The summed E-state index contributed by atoms with van der Waals surface area (Å²) in [7, 11) is 0. The molecule has 0 saturated heterocycles. The van der Waals surface area contributed by atoms with E-state index in [1.54, 1.807) is 0 Å². The summed E-state index contributed by atoms with van der Waals surface area (Å²) in [5, 5.41) is 0.776. The molecule has 0 atom stereocenters. The van der Waals surface area contributed by atoms with Gasteiger partial charge in [-0.25, -0.2) is 4.98 Å². The monoisotopic (exact) mass is 282 g/mol. The van der Waals surface area contributed by atoms with E-state index in [2.05, 4.69) is 16.5 Å². The molecule has 0 N–H and O–H groups in total. The second-order valence-corrected chi connectivity index (χ2v) is 5.32. The molecule has 100 valence electrons. The van der Waals surface area contributed by atoms with Gasteiger partial charge in [0.15, 0.2) is 5.16 Å². The first-order valence-corrected chi connectivity index (χ1v) is 7.33. The van der Waals surface area contributed by atoms with E-state index in [4.69, 9.17) is 0 Å². The number of thioether (sulfide) groups is 1. The van der Waals surface area contributed by atoms with Crippen LogP contribution in [0.2, 0.25) is 0 Å². The standard InChI is InChI=1S/C16H14N2OS/c1-2-18-14-11-7-6-10-13(14)17-16(18)20-15(19)12-8-4-3-5-9-12/h3-11H,2H2,1H3. The number of rotatable bonds is 3. The molecule has 20 heavy (non-hydrogen) atoms. The third-order valence-corrected chi connectivity index (χ3v) is 4.04. The first kappa shape index (κ1) is 12.9. The van der Waals surface area contributed by atoms with Gasteiger partial charge in [-0.3, -0.25) is 4.79 Å². The van der Waals surface area contributed by atoms with Gasteiger partial charge in [0.1, 0.15) is 0 Å². The molecule has 0 aliphatic rings. The third-order valence-electron chi connectivity index (χ3n) is 3.13. The fourth-order valence-corrected chi connectivity index (χ4v) is 3.05. The zero-order valence-electron chi connectivity index (χ0n) is 11.1. The van der Waals surface area contributed by atoms with E-state index < -0.39 is 0 Å². The minimum atomic E-state index is 0.0237. The Labute approximate surface area is 121 Å². The van der Waals surface area contributed by atoms with Gasteiger partial charge in [0.2, 0.25) is 5.12 Å². The largest absolute Gasteiger partial charge is 0.319 e. The number of fused-ring (bicyclic) bond motifs is 1. The molecular weight excluding hydrogens is 268 g/mol. The van der Waals surface area contributed by atoms with Crippen LogP contribution in [0.4, 0.5) is 0 Å². The molecule has 0 spiro atoms. The van der Waals surface area contributed by atoms with Gasteiger partial charge >= 0.3 is 0 Å². The predicted octanol–water partition coefficient (Wildman–Crippen LogP) is 3.99.